The van der Waals surface area contributed by atoms with Crippen molar-refractivity contribution in [3.8, 4) is 18.1 Å². The van der Waals surface area contributed by atoms with Crippen molar-refractivity contribution in [2.75, 3.05) is 13.2 Å². The molecule has 9 heteroatoms. The molecular formula is C31H22Cl2N2O4S. The number of hydrogen-bond acceptors (Lipinski definition) is 6. The lowest BCUT2D eigenvalue weighted by atomic mass is 9.93. The lowest BCUT2D eigenvalue weighted by Crippen LogP contribution is -2.40. The summed E-state index contributed by atoms with van der Waals surface area (Å²) in [4.78, 5) is 32.8. The quantitative estimate of drug-likeness (QED) is 0.218. The predicted molar refractivity (Wildman–Crippen MR) is 158 cm³/mol. The number of benzene rings is 3. The number of rotatable bonds is 7. The van der Waals surface area contributed by atoms with Gasteiger partial charge in [0.2, 0.25) is 0 Å². The maximum absolute atomic E-state index is 14.0. The Morgan fingerprint density at radius 3 is 2.52 bits per heavy atom. The van der Waals surface area contributed by atoms with Gasteiger partial charge in [0.25, 0.3) is 5.56 Å². The summed E-state index contributed by atoms with van der Waals surface area (Å²) in [6.07, 6.45) is 7.06. The molecule has 1 aromatic heterocycles. The summed E-state index contributed by atoms with van der Waals surface area (Å²) >= 11 is 13.6. The van der Waals surface area contributed by atoms with E-state index >= 15 is 0 Å². The Morgan fingerprint density at radius 2 is 1.82 bits per heavy atom. The molecule has 0 fully saturated rings. The first-order chi connectivity index (χ1) is 19.4. The number of halogens is 2. The van der Waals surface area contributed by atoms with Crippen LogP contribution in [0.3, 0.4) is 0 Å². The van der Waals surface area contributed by atoms with Crippen LogP contribution in [-0.4, -0.2) is 23.8 Å². The zero-order chi connectivity index (χ0) is 28.2. The second-order valence-corrected chi connectivity index (χ2v) is 10.5. The van der Waals surface area contributed by atoms with Crippen molar-refractivity contribution in [3.05, 3.63) is 125 Å². The fraction of sp³-hybridized carbons (Fsp3) is 0.129. The first kappa shape index (κ1) is 27.5. The molecule has 2 heterocycles. The van der Waals surface area contributed by atoms with Crippen molar-refractivity contribution in [2.45, 2.75) is 13.0 Å². The smallest absolute Gasteiger partial charge is 0.338 e. The molecule has 3 aromatic carbocycles. The highest BCUT2D eigenvalue weighted by Crippen LogP contribution is 2.35. The summed E-state index contributed by atoms with van der Waals surface area (Å²) in [6.45, 7) is 1.96. The average Bonchev–Trinajstić information content (AvgIpc) is 3.27. The number of nitrogens with zero attached hydrogens (tertiary/aromatic N) is 2. The van der Waals surface area contributed by atoms with E-state index in [0.29, 0.717) is 42.0 Å². The van der Waals surface area contributed by atoms with Crippen LogP contribution in [0, 0.1) is 12.3 Å². The highest BCUT2D eigenvalue weighted by molar-refractivity contribution is 7.07. The molecule has 0 amide bonds. The third kappa shape index (κ3) is 5.47. The minimum absolute atomic E-state index is 0.0592. The molecule has 0 radical (unpaired) electrons. The van der Waals surface area contributed by atoms with E-state index in [1.165, 1.54) is 15.9 Å². The summed E-state index contributed by atoms with van der Waals surface area (Å²) in [5, 5.41) is 1.00. The summed E-state index contributed by atoms with van der Waals surface area (Å²) in [5.41, 5.74) is 2.36. The first-order valence-corrected chi connectivity index (χ1v) is 13.9. The molecule has 4 aromatic rings. The standard InChI is InChI=1S/C31H22Cl2N2O4S/c1-3-16-39-24-15-14-23(33)17-21(24)18-25-29(36)35-28(20-10-12-22(32)13-11-20)26(30(37)38-4-2)27(34-31(35)40-25)19-8-6-5-7-9-19/h1,5-15,17-18,28H,4,16H2,2H3/b25-18-/t28-/m0/s1. The Bertz CT molecular complexity index is 1840. The molecule has 40 heavy (non-hydrogen) atoms. The fourth-order valence-corrected chi connectivity index (χ4v) is 5.72. The molecule has 1 aliphatic rings. The number of thiazole rings is 1. The van der Waals surface area contributed by atoms with Crippen molar-refractivity contribution < 1.29 is 14.3 Å². The summed E-state index contributed by atoms with van der Waals surface area (Å²) < 4.78 is 13.1. The van der Waals surface area contributed by atoms with Crippen molar-refractivity contribution in [1.29, 1.82) is 0 Å². The molecule has 0 aliphatic carbocycles. The van der Waals surface area contributed by atoms with E-state index < -0.39 is 12.0 Å². The summed E-state index contributed by atoms with van der Waals surface area (Å²) in [6, 6.07) is 20.6. The third-order valence-corrected chi connectivity index (χ3v) is 7.60. The maximum Gasteiger partial charge on any atom is 0.338 e. The average molecular weight is 590 g/mol. The lowest BCUT2D eigenvalue weighted by molar-refractivity contribution is -0.138. The van der Waals surface area contributed by atoms with Gasteiger partial charge in [0.1, 0.15) is 12.4 Å². The molecule has 1 atom stereocenters. The molecule has 0 unspecified atom stereocenters. The number of ether oxygens (including phenoxy) is 2. The molecule has 1 aliphatic heterocycles. The molecule has 0 N–H and O–H groups in total. The number of carbonyl (C=O) groups is 1. The van der Waals surface area contributed by atoms with E-state index in [0.717, 1.165) is 5.56 Å². The largest absolute Gasteiger partial charge is 0.480 e. The van der Waals surface area contributed by atoms with Gasteiger partial charge in [-0.2, -0.15) is 0 Å². The highest BCUT2D eigenvalue weighted by atomic mass is 35.5. The van der Waals surface area contributed by atoms with Gasteiger partial charge >= 0.3 is 5.97 Å². The van der Waals surface area contributed by atoms with Gasteiger partial charge in [-0.1, -0.05) is 82.9 Å². The molecule has 5 rings (SSSR count). The monoisotopic (exact) mass is 588 g/mol. The van der Waals surface area contributed by atoms with E-state index in [9.17, 15) is 9.59 Å². The van der Waals surface area contributed by atoms with E-state index in [-0.39, 0.29) is 24.3 Å². The van der Waals surface area contributed by atoms with Crippen LogP contribution in [0.5, 0.6) is 5.75 Å². The van der Waals surface area contributed by atoms with Crippen LogP contribution in [0.15, 0.2) is 88.2 Å². The number of fused-ring (bicyclic) bond motifs is 1. The summed E-state index contributed by atoms with van der Waals surface area (Å²) in [5.74, 6) is 2.37. The van der Waals surface area contributed by atoms with Gasteiger partial charge < -0.3 is 9.47 Å². The van der Waals surface area contributed by atoms with Crippen molar-refractivity contribution in [1.82, 2.24) is 4.57 Å². The lowest BCUT2D eigenvalue weighted by Gasteiger charge is -2.25. The van der Waals surface area contributed by atoms with E-state index in [1.807, 2.05) is 30.3 Å². The topological polar surface area (TPSA) is 69.9 Å². The molecule has 0 bridgehead atoms. The van der Waals surface area contributed by atoms with E-state index in [4.69, 9.17) is 44.1 Å². The van der Waals surface area contributed by atoms with Gasteiger partial charge in [0, 0.05) is 21.2 Å². The normalized spacial score (nSPS) is 14.8. The maximum atomic E-state index is 14.0. The second-order valence-electron chi connectivity index (χ2n) is 8.66. The van der Waals surface area contributed by atoms with Gasteiger partial charge in [-0.15, -0.1) is 6.42 Å². The highest BCUT2D eigenvalue weighted by Gasteiger charge is 2.35. The Balaban J connectivity index is 1.81. The Morgan fingerprint density at radius 1 is 1.10 bits per heavy atom. The van der Waals surface area contributed by atoms with E-state index in [2.05, 4.69) is 5.92 Å². The Hall–Kier alpha value is -4.09. The Kier molecular flexibility index (Phi) is 8.22. The van der Waals surface area contributed by atoms with Crippen molar-refractivity contribution in [2.24, 2.45) is 4.99 Å². The van der Waals surface area contributed by atoms with Crippen LogP contribution in [0.25, 0.3) is 11.8 Å². The second kappa shape index (κ2) is 12.0. The van der Waals surface area contributed by atoms with Crippen LogP contribution < -0.4 is 19.6 Å². The number of terminal acetylenes is 1. The molecule has 0 saturated carbocycles. The van der Waals surface area contributed by atoms with Gasteiger partial charge in [-0.05, 0) is 48.9 Å². The first-order valence-electron chi connectivity index (χ1n) is 12.3. The zero-order valence-electron chi connectivity index (χ0n) is 21.3. The van der Waals surface area contributed by atoms with Crippen LogP contribution >= 0.6 is 34.5 Å². The number of carbonyl (C=O) groups excluding carboxylic acids is 1. The van der Waals surface area contributed by atoms with Gasteiger partial charge in [0.05, 0.1) is 28.5 Å². The van der Waals surface area contributed by atoms with Crippen molar-refractivity contribution in [3.63, 3.8) is 0 Å². The molecule has 0 saturated heterocycles. The minimum atomic E-state index is -0.804. The van der Waals surface area contributed by atoms with Crippen LogP contribution in [0.1, 0.15) is 29.7 Å². The van der Waals surface area contributed by atoms with E-state index in [1.54, 1.807) is 55.5 Å². The van der Waals surface area contributed by atoms with Crippen molar-refractivity contribution >= 4 is 52.3 Å². The van der Waals surface area contributed by atoms with Gasteiger partial charge in [-0.3, -0.25) is 9.36 Å². The van der Waals surface area contributed by atoms with Crippen LogP contribution in [0.4, 0.5) is 0 Å². The molecule has 6 nitrogen and oxygen atoms in total. The summed E-state index contributed by atoms with van der Waals surface area (Å²) in [7, 11) is 0. The van der Waals surface area contributed by atoms with Gasteiger partial charge in [0.15, 0.2) is 4.80 Å². The number of hydrogen-bond donors (Lipinski definition) is 0. The van der Waals surface area contributed by atoms with Gasteiger partial charge in [-0.25, -0.2) is 9.79 Å². The fourth-order valence-electron chi connectivity index (χ4n) is 4.43. The molecule has 0 spiro atoms. The minimum Gasteiger partial charge on any atom is -0.480 e. The predicted octanol–water partition coefficient (Wildman–Crippen LogP) is 5.25. The SMILES string of the molecule is C#CCOc1ccc(Cl)cc1/C=c1\sc2n(c1=O)[C@@H](c1ccc(Cl)cc1)C(C(=O)OCC)=C(c1ccccc1)N=2. The number of aromatic nitrogens is 1. The number of esters is 1. The molecule has 200 valence electrons. The van der Waals surface area contributed by atoms with Crippen LogP contribution in [0.2, 0.25) is 10.0 Å². The Labute approximate surface area is 244 Å². The van der Waals surface area contributed by atoms with Crippen LogP contribution in [-0.2, 0) is 9.53 Å². The zero-order valence-corrected chi connectivity index (χ0v) is 23.6. The molecular weight excluding hydrogens is 567 g/mol. The third-order valence-electron chi connectivity index (χ3n) is 6.13.